The molecular weight excluding hydrogens is 228 g/mol. The molecule has 0 aromatic heterocycles. The van der Waals surface area contributed by atoms with Crippen molar-refractivity contribution in [2.75, 3.05) is 26.8 Å². The van der Waals surface area contributed by atoms with Crippen LogP contribution in [0, 0.1) is 0 Å². The number of hydrogen-bond acceptors (Lipinski definition) is 3. The van der Waals surface area contributed by atoms with Gasteiger partial charge in [-0.25, -0.2) is 0 Å². The van der Waals surface area contributed by atoms with Crippen LogP contribution in [0.15, 0.2) is 0 Å². The molecule has 1 atom stereocenters. The van der Waals surface area contributed by atoms with E-state index in [0.717, 1.165) is 13.0 Å². The zero-order valence-corrected chi connectivity index (χ0v) is 12.3. The average Bonchev–Trinajstić information content (AvgIpc) is 2.32. The normalized spacial score (nSPS) is 12.4. The Morgan fingerprint density at radius 2 is 1.83 bits per heavy atom. The van der Waals surface area contributed by atoms with Crippen molar-refractivity contribution >= 4 is 5.91 Å². The van der Waals surface area contributed by atoms with Gasteiger partial charge in [-0.2, -0.15) is 0 Å². The average molecular weight is 258 g/mol. The summed E-state index contributed by atoms with van der Waals surface area (Å²) in [5, 5.41) is 6.04. The molecule has 1 amide bonds. The summed E-state index contributed by atoms with van der Waals surface area (Å²) >= 11 is 0. The molecule has 0 aliphatic rings. The summed E-state index contributed by atoms with van der Waals surface area (Å²) in [5.41, 5.74) is 0. The largest absolute Gasteiger partial charge is 0.383 e. The maximum absolute atomic E-state index is 11.5. The highest BCUT2D eigenvalue weighted by Gasteiger charge is 2.05. The predicted octanol–water partition coefficient (Wildman–Crippen LogP) is 2.09. The van der Waals surface area contributed by atoms with E-state index in [1.54, 1.807) is 7.11 Å². The van der Waals surface area contributed by atoms with Crippen LogP contribution in [0.1, 0.15) is 52.4 Å². The van der Waals surface area contributed by atoms with Gasteiger partial charge in [-0.1, -0.05) is 39.0 Å². The maximum Gasteiger partial charge on any atom is 0.234 e. The maximum atomic E-state index is 11.5. The van der Waals surface area contributed by atoms with Crippen LogP contribution in [0.25, 0.3) is 0 Å². The third kappa shape index (κ3) is 11.9. The van der Waals surface area contributed by atoms with Crippen molar-refractivity contribution in [1.29, 1.82) is 0 Å². The van der Waals surface area contributed by atoms with Crippen LogP contribution in [0.3, 0.4) is 0 Å². The van der Waals surface area contributed by atoms with Crippen LogP contribution in [0.2, 0.25) is 0 Å². The van der Waals surface area contributed by atoms with Gasteiger partial charge in [-0.05, 0) is 19.9 Å². The first-order valence-corrected chi connectivity index (χ1v) is 7.19. The van der Waals surface area contributed by atoms with E-state index in [2.05, 4.69) is 17.6 Å². The summed E-state index contributed by atoms with van der Waals surface area (Å²) in [5.74, 6) is 0.0468. The minimum Gasteiger partial charge on any atom is -0.383 e. The van der Waals surface area contributed by atoms with Gasteiger partial charge in [0.15, 0.2) is 0 Å². The second-order valence-electron chi connectivity index (χ2n) is 4.87. The molecule has 4 heteroatoms. The number of unbranched alkanes of at least 4 members (excludes halogenated alkanes) is 5. The Labute approximate surface area is 112 Å². The van der Waals surface area contributed by atoms with Crippen LogP contribution < -0.4 is 10.6 Å². The molecule has 0 aliphatic heterocycles. The Bertz CT molecular complexity index is 198. The third-order valence-corrected chi connectivity index (χ3v) is 2.82. The first-order chi connectivity index (χ1) is 8.70. The van der Waals surface area contributed by atoms with Crippen LogP contribution >= 0.6 is 0 Å². The van der Waals surface area contributed by atoms with Crippen LogP contribution in [0.5, 0.6) is 0 Å². The summed E-state index contributed by atoms with van der Waals surface area (Å²) in [7, 11) is 1.64. The monoisotopic (exact) mass is 258 g/mol. The highest BCUT2D eigenvalue weighted by molar-refractivity contribution is 5.78. The summed E-state index contributed by atoms with van der Waals surface area (Å²) in [6.45, 7) is 6.06. The molecular formula is C14H30N2O2. The van der Waals surface area contributed by atoms with E-state index < -0.39 is 0 Å². The Balaban J connectivity index is 3.25. The van der Waals surface area contributed by atoms with Crippen molar-refractivity contribution < 1.29 is 9.53 Å². The number of ether oxygens (including phenoxy) is 1. The van der Waals surface area contributed by atoms with Gasteiger partial charge < -0.3 is 15.4 Å². The third-order valence-electron chi connectivity index (χ3n) is 2.82. The summed E-state index contributed by atoms with van der Waals surface area (Å²) in [6, 6.07) is 0.0818. The molecule has 0 rings (SSSR count). The van der Waals surface area contributed by atoms with E-state index in [9.17, 15) is 4.79 Å². The second kappa shape index (κ2) is 12.8. The van der Waals surface area contributed by atoms with Crippen molar-refractivity contribution in [1.82, 2.24) is 10.6 Å². The molecule has 0 bridgehead atoms. The zero-order valence-electron chi connectivity index (χ0n) is 12.3. The molecule has 0 aliphatic carbocycles. The standard InChI is InChI=1S/C14H30N2O2/c1-4-5-6-7-8-9-10-15-11-14(17)16-13(2)12-18-3/h13,15H,4-12H2,1-3H3,(H,16,17). The smallest absolute Gasteiger partial charge is 0.234 e. The topological polar surface area (TPSA) is 50.4 Å². The number of amides is 1. The lowest BCUT2D eigenvalue weighted by atomic mass is 10.1. The molecule has 0 radical (unpaired) electrons. The van der Waals surface area contributed by atoms with E-state index in [0.29, 0.717) is 13.2 Å². The molecule has 2 N–H and O–H groups in total. The Hall–Kier alpha value is -0.610. The molecule has 0 aromatic rings. The van der Waals surface area contributed by atoms with E-state index in [-0.39, 0.29) is 11.9 Å². The van der Waals surface area contributed by atoms with E-state index in [1.807, 2.05) is 6.92 Å². The van der Waals surface area contributed by atoms with E-state index in [1.165, 1.54) is 32.1 Å². The van der Waals surface area contributed by atoms with Gasteiger partial charge >= 0.3 is 0 Å². The predicted molar refractivity (Wildman–Crippen MR) is 75.7 cm³/mol. The SMILES string of the molecule is CCCCCCCCNCC(=O)NC(C)COC. The van der Waals surface area contributed by atoms with Gasteiger partial charge in [0.25, 0.3) is 0 Å². The molecule has 1 unspecified atom stereocenters. The van der Waals surface area contributed by atoms with Gasteiger partial charge in [0.2, 0.25) is 5.91 Å². The minimum absolute atomic E-state index is 0.0468. The van der Waals surface area contributed by atoms with Crippen LogP contribution in [-0.2, 0) is 9.53 Å². The number of methoxy groups -OCH3 is 1. The fraction of sp³-hybridized carbons (Fsp3) is 0.929. The van der Waals surface area contributed by atoms with Gasteiger partial charge in [-0.3, -0.25) is 4.79 Å². The van der Waals surface area contributed by atoms with Gasteiger partial charge in [0.1, 0.15) is 0 Å². The Morgan fingerprint density at radius 3 is 2.50 bits per heavy atom. The highest BCUT2D eigenvalue weighted by Crippen LogP contribution is 2.03. The number of nitrogens with one attached hydrogen (secondary N) is 2. The molecule has 0 aromatic carbocycles. The Kier molecular flexibility index (Phi) is 12.4. The molecule has 0 spiro atoms. The van der Waals surface area contributed by atoms with Crippen LogP contribution in [-0.4, -0.2) is 38.8 Å². The zero-order chi connectivity index (χ0) is 13.6. The molecule has 18 heavy (non-hydrogen) atoms. The Morgan fingerprint density at radius 1 is 1.17 bits per heavy atom. The van der Waals surface area contributed by atoms with E-state index >= 15 is 0 Å². The van der Waals surface area contributed by atoms with Gasteiger partial charge in [-0.15, -0.1) is 0 Å². The van der Waals surface area contributed by atoms with Gasteiger partial charge in [0, 0.05) is 13.2 Å². The molecule has 108 valence electrons. The summed E-state index contributed by atoms with van der Waals surface area (Å²) < 4.78 is 4.96. The summed E-state index contributed by atoms with van der Waals surface area (Å²) in [6.07, 6.45) is 7.70. The molecule has 0 saturated carbocycles. The van der Waals surface area contributed by atoms with Crippen molar-refractivity contribution in [3.63, 3.8) is 0 Å². The van der Waals surface area contributed by atoms with Crippen molar-refractivity contribution in [3.8, 4) is 0 Å². The summed E-state index contributed by atoms with van der Waals surface area (Å²) in [4.78, 5) is 11.5. The first kappa shape index (κ1) is 17.4. The second-order valence-corrected chi connectivity index (χ2v) is 4.87. The number of carbonyl (C=O) groups excluding carboxylic acids is 1. The highest BCUT2D eigenvalue weighted by atomic mass is 16.5. The fourth-order valence-electron chi connectivity index (χ4n) is 1.85. The van der Waals surface area contributed by atoms with E-state index in [4.69, 9.17) is 4.74 Å². The van der Waals surface area contributed by atoms with Crippen molar-refractivity contribution in [2.24, 2.45) is 0 Å². The fourth-order valence-corrected chi connectivity index (χ4v) is 1.85. The number of rotatable bonds is 12. The number of hydrogen-bond donors (Lipinski definition) is 2. The lowest BCUT2D eigenvalue weighted by molar-refractivity contribution is -0.121. The lowest BCUT2D eigenvalue weighted by Crippen LogP contribution is -2.41. The molecule has 0 fully saturated rings. The number of carbonyl (C=O) groups is 1. The molecule has 0 saturated heterocycles. The lowest BCUT2D eigenvalue weighted by Gasteiger charge is -2.12. The van der Waals surface area contributed by atoms with Gasteiger partial charge in [0.05, 0.1) is 13.2 Å². The van der Waals surface area contributed by atoms with Crippen LogP contribution in [0.4, 0.5) is 0 Å². The molecule has 0 heterocycles. The first-order valence-electron chi connectivity index (χ1n) is 7.19. The minimum atomic E-state index is 0.0468. The quantitative estimate of drug-likeness (QED) is 0.527. The molecule has 4 nitrogen and oxygen atoms in total. The van der Waals surface area contributed by atoms with Crippen molar-refractivity contribution in [2.45, 2.75) is 58.4 Å². The van der Waals surface area contributed by atoms with Crippen molar-refractivity contribution in [3.05, 3.63) is 0 Å².